The zero-order valence-electron chi connectivity index (χ0n) is 16.3. The summed E-state index contributed by atoms with van der Waals surface area (Å²) in [6, 6.07) is 13.6. The second kappa shape index (κ2) is 8.18. The maximum absolute atomic E-state index is 12.4. The number of anilines is 2. The van der Waals surface area contributed by atoms with Gasteiger partial charge in [0, 0.05) is 24.6 Å². The van der Waals surface area contributed by atoms with Crippen LogP contribution in [-0.2, 0) is 6.54 Å². The van der Waals surface area contributed by atoms with Gasteiger partial charge in [0.15, 0.2) is 11.5 Å². The van der Waals surface area contributed by atoms with Crippen LogP contribution in [0.4, 0.5) is 11.6 Å². The average molecular weight is 390 g/mol. The highest BCUT2D eigenvalue weighted by Gasteiger charge is 2.14. The van der Waals surface area contributed by atoms with Crippen molar-refractivity contribution in [2.45, 2.75) is 26.3 Å². The van der Waals surface area contributed by atoms with Crippen molar-refractivity contribution in [3.63, 3.8) is 0 Å². The van der Waals surface area contributed by atoms with Gasteiger partial charge in [-0.05, 0) is 35.2 Å². The smallest absolute Gasteiger partial charge is 0.254 e. The largest absolute Gasteiger partial charge is 0.454 e. The Labute approximate surface area is 169 Å². The molecular weight excluding hydrogens is 368 g/mol. The number of nitrogens with one attached hydrogen (secondary N) is 2. The van der Waals surface area contributed by atoms with Crippen LogP contribution in [0.1, 0.15) is 41.3 Å². The number of nitrogens with zero attached hydrogens (tertiary/aromatic N) is 2. The first-order chi connectivity index (χ1) is 14.1. The molecule has 0 unspecified atom stereocenters. The molecule has 0 bridgehead atoms. The van der Waals surface area contributed by atoms with Crippen molar-refractivity contribution in [2.24, 2.45) is 0 Å². The molecule has 148 valence electrons. The molecular formula is C22H22N4O3. The molecule has 29 heavy (non-hydrogen) atoms. The Morgan fingerprint density at radius 2 is 1.83 bits per heavy atom. The molecule has 0 aliphatic carbocycles. The van der Waals surface area contributed by atoms with Gasteiger partial charge in [-0.2, -0.15) is 0 Å². The molecule has 0 radical (unpaired) electrons. The van der Waals surface area contributed by atoms with Crippen LogP contribution >= 0.6 is 0 Å². The number of fused-ring (bicyclic) bond motifs is 1. The zero-order chi connectivity index (χ0) is 20.2. The van der Waals surface area contributed by atoms with Crippen molar-refractivity contribution >= 4 is 17.5 Å². The zero-order valence-corrected chi connectivity index (χ0v) is 16.3. The van der Waals surface area contributed by atoms with Crippen molar-refractivity contribution < 1.29 is 14.3 Å². The molecule has 2 N–H and O–H groups in total. The molecule has 3 aromatic rings. The standard InChI is InChI=1S/C22H22N4O3/c1-14(2)17-5-3-4-6-18(17)26-22-24-11-16(12-25-22)21(27)23-10-15-7-8-19-20(9-15)29-13-28-19/h3-9,11-12,14H,10,13H2,1-2H3,(H,23,27)(H,24,25,26). The first kappa shape index (κ1) is 18.7. The maximum Gasteiger partial charge on any atom is 0.254 e. The van der Waals surface area contributed by atoms with Crippen molar-refractivity contribution in [2.75, 3.05) is 12.1 Å². The maximum atomic E-state index is 12.4. The van der Waals surface area contributed by atoms with Gasteiger partial charge in [0.25, 0.3) is 5.91 Å². The minimum atomic E-state index is -0.239. The molecule has 7 heteroatoms. The number of carbonyl (C=O) groups excluding carboxylic acids is 1. The van der Waals surface area contributed by atoms with E-state index < -0.39 is 0 Å². The van der Waals surface area contributed by atoms with Gasteiger partial charge in [0.1, 0.15) is 0 Å². The molecule has 0 fully saturated rings. The summed E-state index contributed by atoms with van der Waals surface area (Å²) in [6.07, 6.45) is 3.03. The average Bonchev–Trinajstić information content (AvgIpc) is 3.21. The van der Waals surface area contributed by atoms with Gasteiger partial charge in [-0.25, -0.2) is 9.97 Å². The number of aromatic nitrogens is 2. The molecule has 0 atom stereocenters. The third-order valence-electron chi connectivity index (χ3n) is 4.63. The quantitative estimate of drug-likeness (QED) is 0.662. The minimum absolute atomic E-state index is 0.227. The van der Waals surface area contributed by atoms with E-state index in [9.17, 15) is 4.79 Å². The molecule has 1 aliphatic rings. The van der Waals surface area contributed by atoms with E-state index in [1.165, 1.54) is 18.0 Å². The second-order valence-electron chi connectivity index (χ2n) is 7.03. The van der Waals surface area contributed by atoms with Crippen molar-refractivity contribution in [3.05, 3.63) is 71.5 Å². The van der Waals surface area contributed by atoms with Crippen LogP contribution in [0.3, 0.4) is 0 Å². The van der Waals surface area contributed by atoms with Crippen molar-refractivity contribution in [3.8, 4) is 11.5 Å². The van der Waals surface area contributed by atoms with E-state index in [0.29, 0.717) is 29.7 Å². The van der Waals surface area contributed by atoms with E-state index >= 15 is 0 Å². The molecule has 0 spiro atoms. The SMILES string of the molecule is CC(C)c1ccccc1Nc1ncc(C(=O)NCc2ccc3c(c2)OCO3)cn1. The Kier molecular flexibility index (Phi) is 5.29. The van der Waals surface area contributed by atoms with Crippen LogP contribution in [0.5, 0.6) is 11.5 Å². The normalized spacial score (nSPS) is 12.1. The molecule has 1 aromatic heterocycles. The van der Waals surface area contributed by atoms with E-state index in [1.54, 1.807) is 0 Å². The molecule has 1 amide bonds. The summed E-state index contributed by atoms with van der Waals surface area (Å²) in [5, 5.41) is 6.09. The Hall–Kier alpha value is -3.61. The first-order valence-electron chi connectivity index (χ1n) is 9.45. The van der Waals surface area contributed by atoms with Crippen LogP contribution in [0.2, 0.25) is 0 Å². The highest BCUT2D eigenvalue weighted by Crippen LogP contribution is 2.32. The fraction of sp³-hybridized carbons (Fsp3) is 0.227. The lowest BCUT2D eigenvalue weighted by atomic mass is 10.0. The predicted octanol–water partition coefficient (Wildman–Crippen LogP) is 4.00. The van der Waals surface area contributed by atoms with E-state index in [-0.39, 0.29) is 12.7 Å². The van der Waals surface area contributed by atoms with E-state index in [1.807, 2.05) is 36.4 Å². The highest BCUT2D eigenvalue weighted by atomic mass is 16.7. The second-order valence-corrected chi connectivity index (χ2v) is 7.03. The van der Waals surface area contributed by atoms with Gasteiger partial charge in [-0.1, -0.05) is 38.1 Å². The van der Waals surface area contributed by atoms with Gasteiger partial charge in [0.2, 0.25) is 12.7 Å². The van der Waals surface area contributed by atoms with Gasteiger partial charge < -0.3 is 20.1 Å². The summed E-state index contributed by atoms with van der Waals surface area (Å²) < 4.78 is 10.6. The Bertz CT molecular complexity index is 1020. The van der Waals surface area contributed by atoms with E-state index in [2.05, 4.69) is 40.5 Å². The van der Waals surface area contributed by atoms with Crippen molar-refractivity contribution in [1.29, 1.82) is 0 Å². The molecule has 7 nitrogen and oxygen atoms in total. The molecule has 2 aromatic carbocycles. The summed E-state index contributed by atoms with van der Waals surface area (Å²) in [5.74, 6) is 2.00. The summed E-state index contributed by atoms with van der Waals surface area (Å²) in [7, 11) is 0. The third kappa shape index (κ3) is 4.29. The van der Waals surface area contributed by atoms with Crippen LogP contribution < -0.4 is 20.1 Å². The number of rotatable bonds is 6. The molecule has 2 heterocycles. The highest BCUT2D eigenvalue weighted by molar-refractivity contribution is 5.93. The van der Waals surface area contributed by atoms with E-state index in [4.69, 9.17) is 9.47 Å². The van der Waals surface area contributed by atoms with Crippen molar-refractivity contribution in [1.82, 2.24) is 15.3 Å². The van der Waals surface area contributed by atoms with Gasteiger partial charge >= 0.3 is 0 Å². The third-order valence-corrected chi connectivity index (χ3v) is 4.63. The number of hydrogen-bond acceptors (Lipinski definition) is 6. The number of benzene rings is 2. The predicted molar refractivity (Wildman–Crippen MR) is 110 cm³/mol. The fourth-order valence-electron chi connectivity index (χ4n) is 3.08. The monoisotopic (exact) mass is 390 g/mol. The lowest BCUT2D eigenvalue weighted by Crippen LogP contribution is -2.23. The number of carbonyl (C=O) groups is 1. The van der Waals surface area contributed by atoms with Gasteiger partial charge in [-0.3, -0.25) is 4.79 Å². The lowest BCUT2D eigenvalue weighted by Gasteiger charge is -2.13. The van der Waals surface area contributed by atoms with Crippen LogP contribution in [-0.4, -0.2) is 22.7 Å². The number of para-hydroxylation sites is 1. The Morgan fingerprint density at radius 1 is 1.07 bits per heavy atom. The van der Waals surface area contributed by atoms with Crippen LogP contribution in [0.15, 0.2) is 54.9 Å². The first-order valence-corrected chi connectivity index (χ1v) is 9.45. The summed E-state index contributed by atoms with van der Waals surface area (Å²) in [4.78, 5) is 21.0. The van der Waals surface area contributed by atoms with Gasteiger partial charge in [-0.15, -0.1) is 0 Å². The lowest BCUT2D eigenvalue weighted by molar-refractivity contribution is 0.0950. The minimum Gasteiger partial charge on any atom is -0.454 e. The van der Waals surface area contributed by atoms with Crippen LogP contribution in [0.25, 0.3) is 0 Å². The van der Waals surface area contributed by atoms with E-state index in [0.717, 1.165) is 17.0 Å². The number of hydrogen-bond donors (Lipinski definition) is 2. The Balaban J connectivity index is 1.38. The topological polar surface area (TPSA) is 85.4 Å². The molecule has 0 saturated heterocycles. The molecule has 1 aliphatic heterocycles. The summed E-state index contributed by atoms with van der Waals surface area (Å²) in [5.41, 5.74) is 3.46. The molecule has 0 saturated carbocycles. The molecule has 4 rings (SSSR count). The summed E-state index contributed by atoms with van der Waals surface area (Å²) in [6.45, 7) is 4.87. The number of ether oxygens (including phenoxy) is 2. The van der Waals surface area contributed by atoms with Crippen LogP contribution in [0, 0.1) is 0 Å². The summed E-state index contributed by atoms with van der Waals surface area (Å²) >= 11 is 0. The van der Waals surface area contributed by atoms with Gasteiger partial charge in [0.05, 0.1) is 5.56 Å². The number of amides is 1. The fourth-order valence-corrected chi connectivity index (χ4v) is 3.08. The Morgan fingerprint density at radius 3 is 2.62 bits per heavy atom.